The van der Waals surface area contributed by atoms with E-state index in [-0.39, 0.29) is 0 Å². The molecule has 2 N–H and O–H groups in total. The molecule has 8 nitrogen and oxygen atoms in total. The zero-order chi connectivity index (χ0) is 15.6. The first-order chi connectivity index (χ1) is 9.81. The van der Waals surface area contributed by atoms with Gasteiger partial charge in [0.2, 0.25) is 0 Å². The van der Waals surface area contributed by atoms with Crippen LogP contribution in [0.4, 0.5) is 11.4 Å². The molecule has 1 fully saturated rings. The van der Waals surface area contributed by atoms with Crippen LogP contribution in [0.1, 0.15) is 19.8 Å². The van der Waals surface area contributed by atoms with Crippen LogP contribution in [0.25, 0.3) is 0 Å². The number of hydrogen-bond donors (Lipinski definition) is 2. The minimum Gasteiger partial charge on any atom is -0.505 e. The number of hydrogen-bond acceptors (Lipinski definition) is 5. The Labute approximate surface area is 122 Å². The Hall–Kier alpha value is -1.87. The Morgan fingerprint density at radius 3 is 2.57 bits per heavy atom. The van der Waals surface area contributed by atoms with Gasteiger partial charge in [-0.2, -0.15) is 12.7 Å². The predicted octanol–water partition coefficient (Wildman–Crippen LogP) is 1.69. The first-order valence-corrected chi connectivity index (χ1v) is 7.99. The highest BCUT2D eigenvalue weighted by Gasteiger charge is 2.29. The van der Waals surface area contributed by atoms with Crippen LogP contribution in [0.15, 0.2) is 18.2 Å². The van der Waals surface area contributed by atoms with E-state index in [0.29, 0.717) is 19.0 Å². The van der Waals surface area contributed by atoms with Crippen molar-refractivity contribution in [3.05, 3.63) is 28.3 Å². The summed E-state index contributed by atoms with van der Waals surface area (Å²) in [6.45, 7) is 2.76. The molecule has 1 aromatic carbocycles. The Morgan fingerprint density at radius 2 is 2.00 bits per heavy atom. The van der Waals surface area contributed by atoms with E-state index in [2.05, 4.69) is 4.72 Å². The van der Waals surface area contributed by atoms with Gasteiger partial charge in [-0.3, -0.25) is 14.8 Å². The number of anilines is 1. The highest BCUT2D eigenvalue weighted by Crippen LogP contribution is 2.34. The maximum atomic E-state index is 12.3. The molecule has 116 valence electrons. The largest absolute Gasteiger partial charge is 0.505 e. The van der Waals surface area contributed by atoms with Crippen LogP contribution in [0.2, 0.25) is 0 Å². The van der Waals surface area contributed by atoms with Gasteiger partial charge in [0.1, 0.15) is 5.75 Å². The molecule has 0 bridgehead atoms. The van der Waals surface area contributed by atoms with Crippen molar-refractivity contribution in [2.24, 2.45) is 5.92 Å². The summed E-state index contributed by atoms with van der Waals surface area (Å²) in [4.78, 5) is 10.2. The number of rotatable bonds is 4. The van der Waals surface area contributed by atoms with Crippen LogP contribution in [0.3, 0.4) is 0 Å². The van der Waals surface area contributed by atoms with E-state index in [4.69, 9.17) is 0 Å². The minimum absolute atomic E-state index is 0.359. The van der Waals surface area contributed by atoms with Gasteiger partial charge < -0.3 is 5.11 Å². The Balaban J connectivity index is 2.27. The number of para-hydroxylation sites is 1. The van der Waals surface area contributed by atoms with Crippen LogP contribution in [-0.4, -0.2) is 35.8 Å². The normalized spacial score (nSPS) is 17.6. The average molecular weight is 315 g/mol. The summed E-state index contributed by atoms with van der Waals surface area (Å²) in [5.41, 5.74) is -0.884. The van der Waals surface area contributed by atoms with Crippen LogP contribution in [-0.2, 0) is 10.2 Å². The summed E-state index contributed by atoms with van der Waals surface area (Å²) in [5.74, 6) is -0.0194. The summed E-state index contributed by atoms with van der Waals surface area (Å²) in [5, 5.41) is 20.6. The minimum atomic E-state index is -3.92. The summed E-state index contributed by atoms with van der Waals surface area (Å²) in [6.07, 6.45) is 1.48. The molecule has 0 radical (unpaired) electrons. The molecule has 1 saturated heterocycles. The molecule has 0 amide bonds. The Morgan fingerprint density at radius 1 is 1.38 bits per heavy atom. The van der Waals surface area contributed by atoms with Crippen molar-refractivity contribution in [1.29, 1.82) is 0 Å². The maximum absolute atomic E-state index is 12.3. The zero-order valence-corrected chi connectivity index (χ0v) is 12.3. The van der Waals surface area contributed by atoms with E-state index in [1.807, 2.05) is 6.92 Å². The first-order valence-electron chi connectivity index (χ1n) is 6.55. The molecule has 1 aliphatic heterocycles. The summed E-state index contributed by atoms with van der Waals surface area (Å²) in [6, 6.07) is 3.62. The number of piperidine rings is 1. The SMILES string of the molecule is CC1CCN(S(=O)(=O)Nc2c(O)cccc2[N+](=O)[O-])CC1. The molecule has 2 rings (SSSR count). The number of nitro groups is 1. The van der Waals surface area contributed by atoms with Crippen LogP contribution < -0.4 is 4.72 Å². The van der Waals surface area contributed by atoms with Crippen LogP contribution in [0, 0.1) is 16.0 Å². The smallest absolute Gasteiger partial charge is 0.301 e. The Bertz CT molecular complexity index is 638. The molecule has 0 saturated carbocycles. The van der Waals surface area contributed by atoms with Gasteiger partial charge in [-0.1, -0.05) is 13.0 Å². The van der Waals surface area contributed by atoms with E-state index < -0.39 is 32.3 Å². The predicted molar refractivity (Wildman–Crippen MR) is 77.3 cm³/mol. The lowest BCUT2D eigenvalue weighted by Gasteiger charge is -2.29. The lowest BCUT2D eigenvalue weighted by atomic mass is 10.0. The van der Waals surface area contributed by atoms with Crippen molar-refractivity contribution in [3.63, 3.8) is 0 Å². The van der Waals surface area contributed by atoms with Gasteiger partial charge in [0, 0.05) is 19.2 Å². The molecule has 0 aromatic heterocycles. The topological polar surface area (TPSA) is 113 Å². The molecule has 1 heterocycles. The monoisotopic (exact) mass is 315 g/mol. The Kier molecular flexibility index (Phi) is 4.33. The summed E-state index contributed by atoms with van der Waals surface area (Å²) < 4.78 is 27.9. The van der Waals surface area contributed by atoms with Gasteiger partial charge in [0.25, 0.3) is 5.69 Å². The fraction of sp³-hybridized carbons (Fsp3) is 0.500. The number of phenolic OH excluding ortho intramolecular Hbond substituents is 1. The lowest BCUT2D eigenvalue weighted by molar-refractivity contribution is -0.384. The fourth-order valence-corrected chi connectivity index (χ4v) is 3.49. The molecule has 0 atom stereocenters. The number of nitrogens with zero attached hydrogens (tertiary/aromatic N) is 2. The molecular weight excluding hydrogens is 298 g/mol. The highest BCUT2D eigenvalue weighted by molar-refractivity contribution is 7.90. The number of nitrogens with one attached hydrogen (secondary N) is 1. The van der Waals surface area contributed by atoms with Crippen LogP contribution in [0.5, 0.6) is 5.75 Å². The van der Waals surface area contributed by atoms with Crippen molar-refractivity contribution in [2.75, 3.05) is 17.8 Å². The van der Waals surface area contributed by atoms with Crippen molar-refractivity contribution in [3.8, 4) is 5.75 Å². The third-order valence-electron chi connectivity index (χ3n) is 3.53. The third-order valence-corrected chi connectivity index (χ3v) is 5.04. The van der Waals surface area contributed by atoms with Gasteiger partial charge in [-0.15, -0.1) is 0 Å². The van der Waals surface area contributed by atoms with E-state index in [0.717, 1.165) is 18.9 Å². The highest BCUT2D eigenvalue weighted by atomic mass is 32.2. The molecule has 0 spiro atoms. The second kappa shape index (κ2) is 5.86. The quantitative estimate of drug-likeness (QED) is 0.498. The standard InChI is InChI=1S/C12H17N3O5S/c1-9-5-7-14(8-6-9)21(19,20)13-12-10(15(17)18)3-2-4-11(12)16/h2-4,9,13,16H,5-8H2,1H3. The second-order valence-corrected chi connectivity index (χ2v) is 6.79. The fourth-order valence-electron chi connectivity index (χ4n) is 2.20. The molecule has 1 aromatic rings. The van der Waals surface area contributed by atoms with Gasteiger partial charge in [0.05, 0.1) is 4.92 Å². The average Bonchev–Trinajstić information content (AvgIpc) is 2.41. The van der Waals surface area contributed by atoms with Crippen molar-refractivity contribution < 1.29 is 18.4 Å². The first kappa shape index (κ1) is 15.5. The van der Waals surface area contributed by atoms with Gasteiger partial charge in [-0.05, 0) is 24.8 Å². The number of phenols is 1. The second-order valence-electron chi connectivity index (χ2n) is 5.12. The summed E-state index contributed by atoms with van der Waals surface area (Å²) in [7, 11) is -3.92. The third kappa shape index (κ3) is 3.42. The van der Waals surface area contributed by atoms with Crippen molar-refractivity contribution in [2.45, 2.75) is 19.8 Å². The molecule has 1 aliphatic rings. The van der Waals surface area contributed by atoms with E-state index in [1.165, 1.54) is 16.4 Å². The zero-order valence-electron chi connectivity index (χ0n) is 11.5. The maximum Gasteiger partial charge on any atom is 0.301 e. The molecule has 21 heavy (non-hydrogen) atoms. The molecule has 0 aliphatic carbocycles. The van der Waals surface area contributed by atoms with Gasteiger partial charge >= 0.3 is 10.2 Å². The van der Waals surface area contributed by atoms with Crippen molar-refractivity contribution in [1.82, 2.24) is 4.31 Å². The lowest BCUT2D eigenvalue weighted by Crippen LogP contribution is -2.41. The van der Waals surface area contributed by atoms with Gasteiger partial charge in [0.15, 0.2) is 5.69 Å². The number of aromatic hydroxyl groups is 1. The van der Waals surface area contributed by atoms with E-state index >= 15 is 0 Å². The molecule has 0 unspecified atom stereocenters. The number of nitro benzene ring substituents is 1. The van der Waals surface area contributed by atoms with Gasteiger partial charge in [-0.25, -0.2) is 0 Å². The van der Waals surface area contributed by atoms with E-state index in [9.17, 15) is 23.6 Å². The molecular formula is C12H17N3O5S. The summed E-state index contributed by atoms with van der Waals surface area (Å²) >= 11 is 0. The molecule has 9 heteroatoms. The van der Waals surface area contributed by atoms with Crippen LogP contribution >= 0.6 is 0 Å². The van der Waals surface area contributed by atoms with Crippen molar-refractivity contribution >= 4 is 21.6 Å². The van der Waals surface area contributed by atoms with E-state index in [1.54, 1.807) is 0 Å². The number of benzene rings is 1.